The molecular formula is C16H23NO3S. The molecule has 1 aromatic carbocycles. The molecule has 0 aromatic heterocycles. The number of nitrogens with one attached hydrogen (secondary N) is 1. The molecule has 0 radical (unpaired) electrons. The van der Waals surface area contributed by atoms with Crippen LogP contribution in [0.2, 0.25) is 0 Å². The maximum atomic E-state index is 12.1. The highest BCUT2D eigenvalue weighted by molar-refractivity contribution is 7.87. The SMILES string of the molecule is O=S1(=O)OCCCC1C1CCCC(Nc2ccccc2)C1. The molecule has 4 nitrogen and oxygen atoms in total. The van der Waals surface area contributed by atoms with E-state index in [1.54, 1.807) is 0 Å². The summed E-state index contributed by atoms with van der Waals surface area (Å²) in [6.45, 7) is 0.358. The second kappa shape index (κ2) is 6.36. The predicted octanol–water partition coefficient (Wildman–Crippen LogP) is 3.17. The lowest BCUT2D eigenvalue weighted by Gasteiger charge is -2.36. The van der Waals surface area contributed by atoms with E-state index in [1.807, 2.05) is 18.2 Å². The minimum atomic E-state index is -3.35. The third-order valence-corrected chi connectivity index (χ3v) is 6.49. The van der Waals surface area contributed by atoms with Crippen molar-refractivity contribution in [3.05, 3.63) is 30.3 Å². The number of rotatable bonds is 3. The van der Waals surface area contributed by atoms with Gasteiger partial charge in [-0.3, -0.25) is 4.18 Å². The van der Waals surface area contributed by atoms with Gasteiger partial charge in [-0.05, 0) is 50.2 Å². The Hall–Kier alpha value is -1.07. The molecule has 3 atom stereocenters. The van der Waals surface area contributed by atoms with Gasteiger partial charge in [0.15, 0.2) is 0 Å². The Balaban J connectivity index is 1.65. The topological polar surface area (TPSA) is 55.4 Å². The van der Waals surface area contributed by atoms with Crippen molar-refractivity contribution >= 4 is 15.8 Å². The molecule has 1 aliphatic heterocycles. The highest BCUT2D eigenvalue weighted by Crippen LogP contribution is 2.35. The summed E-state index contributed by atoms with van der Waals surface area (Å²) in [4.78, 5) is 0. The minimum Gasteiger partial charge on any atom is -0.382 e. The molecule has 3 unspecified atom stereocenters. The van der Waals surface area contributed by atoms with E-state index in [1.165, 1.54) is 0 Å². The van der Waals surface area contributed by atoms with Gasteiger partial charge >= 0.3 is 0 Å². The standard InChI is InChI=1S/C16H23NO3S/c18-21(19)16(10-5-11-20-21)13-6-4-9-15(12-13)17-14-7-2-1-3-8-14/h1-3,7-8,13,15-17H,4-6,9-12H2. The molecule has 5 heteroatoms. The Morgan fingerprint density at radius 3 is 2.62 bits per heavy atom. The van der Waals surface area contributed by atoms with Crippen LogP contribution >= 0.6 is 0 Å². The highest BCUT2D eigenvalue weighted by atomic mass is 32.2. The van der Waals surface area contributed by atoms with Crippen molar-refractivity contribution in [1.29, 1.82) is 0 Å². The summed E-state index contributed by atoms with van der Waals surface area (Å²) in [7, 11) is -3.35. The van der Waals surface area contributed by atoms with E-state index in [0.29, 0.717) is 12.6 Å². The van der Waals surface area contributed by atoms with Crippen LogP contribution in [0, 0.1) is 5.92 Å². The summed E-state index contributed by atoms with van der Waals surface area (Å²) in [5, 5.41) is 3.24. The van der Waals surface area contributed by atoms with Gasteiger partial charge in [-0.25, -0.2) is 0 Å². The van der Waals surface area contributed by atoms with Crippen LogP contribution < -0.4 is 5.32 Å². The van der Waals surface area contributed by atoms with Crippen LogP contribution in [0.5, 0.6) is 0 Å². The number of anilines is 1. The van der Waals surface area contributed by atoms with E-state index >= 15 is 0 Å². The number of hydrogen-bond donors (Lipinski definition) is 1. The molecular weight excluding hydrogens is 286 g/mol. The lowest BCUT2D eigenvalue weighted by molar-refractivity contribution is 0.231. The molecule has 0 amide bonds. The number of hydrogen-bond acceptors (Lipinski definition) is 4. The highest BCUT2D eigenvalue weighted by Gasteiger charge is 2.39. The van der Waals surface area contributed by atoms with Crippen molar-refractivity contribution in [2.45, 2.75) is 49.8 Å². The van der Waals surface area contributed by atoms with Crippen molar-refractivity contribution in [3.63, 3.8) is 0 Å². The first kappa shape index (κ1) is 14.9. The smallest absolute Gasteiger partial charge is 0.270 e. The van der Waals surface area contributed by atoms with E-state index < -0.39 is 10.1 Å². The Labute approximate surface area is 127 Å². The van der Waals surface area contributed by atoms with Crippen molar-refractivity contribution in [2.24, 2.45) is 5.92 Å². The Morgan fingerprint density at radius 1 is 1.05 bits per heavy atom. The van der Waals surface area contributed by atoms with Gasteiger partial charge in [0.25, 0.3) is 10.1 Å². The molecule has 116 valence electrons. The maximum absolute atomic E-state index is 12.1. The molecule has 1 N–H and O–H groups in total. The first-order chi connectivity index (χ1) is 10.1. The van der Waals surface area contributed by atoms with E-state index in [2.05, 4.69) is 17.4 Å². The molecule has 1 saturated carbocycles. The fourth-order valence-electron chi connectivity index (χ4n) is 3.63. The van der Waals surface area contributed by atoms with Gasteiger partial charge in [0, 0.05) is 11.7 Å². The third kappa shape index (κ3) is 3.58. The zero-order chi connectivity index (χ0) is 14.7. The van der Waals surface area contributed by atoms with Crippen LogP contribution in [0.15, 0.2) is 30.3 Å². The second-order valence-corrected chi connectivity index (χ2v) is 7.96. The Kier molecular flexibility index (Phi) is 4.50. The molecule has 2 aliphatic rings. The monoisotopic (exact) mass is 309 g/mol. The largest absolute Gasteiger partial charge is 0.382 e. The van der Waals surface area contributed by atoms with Crippen LogP contribution in [-0.4, -0.2) is 26.3 Å². The zero-order valence-corrected chi connectivity index (χ0v) is 13.0. The van der Waals surface area contributed by atoms with Gasteiger partial charge in [0.05, 0.1) is 11.9 Å². The zero-order valence-electron chi connectivity index (χ0n) is 12.2. The van der Waals surface area contributed by atoms with Gasteiger partial charge in [-0.15, -0.1) is 0 Å². The summed E-state index contributed by atoms with van der Waals surface area (Å²) in [5.41, 5.74) is 1.12. The first-order valence-corrected chi connectivity index (χ1v) is 9.32. The molecule has 1 heterocycles. The average Bonchev–Trinajstić information content (AvgIpc) is 2.48. The predicted molar refractivity (Wildman–Crippen MR) is 83.7 cm³/mol. The molecule has 1 aliphatic carbocycles. The summed E-state index contributed by atoms with van der Waals surface area (Å²) in [6.07, 6.45) is 5.73. The van der Waals surface area contributed by atoms with E-state index in [9.17, 15) is 8.42 Å². The first-order valence-electron chi connectivity index (χ1n) is 7.85. The van der Waals surface area contributed by atoms with Gasteiger partial charge < -0.3 is 5.32 Å². The van der Waals surface area contributed by atoms with Crippen molar-refractivity contribution in [1.82, 2.24) is 0 Å². The number of para-hydroxylation sites is 1. The summed E-state index contributed by atoms with van der Waals surface area (Å²) in [5.74, 6) is 0.227. The van der Waals surface area contributed by atoms with Gasteiger partial charge in [-0.1, -0.05) is 24.6 Å². The van der Waals surface area contributed by atoms with Crippen LogP contribution in [0.25, 0.3) is 0 Å². The lowest BCUT2D eigenvalue weighted by atomic mass is 9.82. The molecule has 3 rings (SSSR count). The average molecular weight is 309 g/mol. The molecule has 1 aromatic rings. The van der Waals surface area contributed by atoms with Crippen LogP contribution in [0.1, 0.15) is 38.5 Å². The molecule has 0 spiro atoms. The summed E-state index contributed by atoms with van der Waals surface area (Å²) >= 11 is 0. The van der Waals surface area contributed by atoms with Crippen molar-refractivity contribution in [2.75, 3.05) is 11.9 Å². The molecule has 1 saturated heterocycles. The van der Waals surface area contributed by atoms with Crippen LogP contribution in [0.4, 0.5) is 5.69 Å². The van der Waals surface area contributed by atoms with E-state index in [-0.39, 0.29) is 11.2 Å². The summed E-state index contributed by atoms with van der Waals surface area (Å²) in [6, 6.07) is 10.5. The third-order valence-electron chi connectivity index (χ3n) is 4.64. The minimum absolute atomic E-state index is 0.227. The summed E-state index contributed by atoms with van der Waals surface area (Å²) < 4.78 is 29.2. The fourth-order valence-corrected chi connectivity index (χ4v) is 5.33. The maximum Gasteiger partial charge on any atom is 0.270 e. The normalized spacial score (nSPS) is 32.5. The molecule has 2 fully saturated rings. The molecule has 21 heavy (non-hydrogen) atoms. The van der Waals surface area contributed by atoms with Gasteiger partial charge in [0.2, 0.25) is 0 Å². The quantitative estimate of drug-likeness (QED) is 0.871. The van der Waals surface area contributed by atoms with Gasteiger partial charge in [0.1, 0.15) is 0 Å². The second-order valence-electron chi connectivity index (χ2n) is 6.13. The van der Waals surface area contributed by atoms with Crippen molar-refractivity contribution in [3.8, 4) is 0 Å². The molecule has 0 bridgehead atoms. The van der Waals surface area contributed by atoms with Gasteiger partial charge in [-0.2, -0.15) is 8.42 Å². The van der Waals surface area contributed by atoms with Crippen molar-refractivity contribution < 1.29 is 12.6 Å². The lowest BCUT2D eigenvalue weighted by Crippen LogP contribution is -2.40. The van der Waals surface area contributed by atoms with E-state index in [0.717, 1.165) is 44.2 Å². The van der Waals surface area contributed by atoms with Crippen LogP contribution in [-0.2, 0) is 14.3 Å². The fraction of sp³-hybridized carbons (Fsp3) is 0.625. The Morgan fingerprint density at radius 2 is 1.86 bits per heavy atom. The number of benzene rings is 1. The van der Waals surface area contributed by atoms with E-state index in [4.69, 9.17) is 4.18 Å². The Bertz CT molecular complexity index is 558. The van der Waals surface area contributed by atoms with Crippen LogP contribution in [0.3, 0.4) is 0 Å².